The van der Waals surface area contributed by atoms with Gasteiger partial charge in [0, 0.05) is 12.6 Å². The van der Waals surface area contributed by atoms with E-state index in [2.05, 4.69) is 29.1 Å². The second-order valence-electron chi connectivity index (χ2n) is 5.63. The lowest BCUT2D eigenvalue weighted by molar-refractivity contribution is 0.0958. The zero-order chi connectivity index (χ0) is 16.8. The number of benzene rings is 1. The molecule has 0 bridgehead atoms. The van der Waals surface area contributed by atoms with Gasteiger partial charge < -0.3 is 15.8 Å². The minimum atomic E-state index is -0.297. The smallest absolute Gasteiger partial charge is 0.269 e. The van der Waals surface area contributed by atoms with Crippen molar-refractivity contribution in [2.75, 3.05) is 19.4 Å². The fourth-order valence-corrected chi connectivity index (χ4v) is 1.99. The lowest BCUT2D eigenvalue weighted by Gasteiger charge is -2.09. The van der Waals surface area contributed by atoms with Gasteiger partial charge in [0.2, 0.25) is 5.95 Å². The molecule has 0 unspecified atom stereocenters. The van der Waals surface area contributed by atoms with E-state index in [0.717, 1.165) is 17.7 Å². The predicted octanol–water partition coefficient (Wildman–Crippen LogP) is 2.51. The van der Waals surface area contributed by atoms with Crippen LogP contribution < -0.4 is 15.8 Å². The molecule has 1 heterocycles. The first-order chi connectivity index (χ1) is 11.0. The number of anilines is 1. The first kappa shape index (κ1) is 16.7. The van der Waals surface area contributed by atoms with Gasteiger partial charge in [0.1, 0.15) is 11.4 Å². The largest absolute Gasteiger partial charge is 0.494 e. The highest BCUT2D eigenvalue weighted by Gasteiger charge is 2.10. The second-order valence-corrected chi connectivity index (χ2v) is 5.63. The Hall–Kier alpha value is -2.63. The molecule has 0 fully saturated rings. The van der Waals surface area contributed by atoms with Crippen LogP contribution in [0.4, 0.5) is 5.95 Å². The molecule has 3 N–H and O–H groups in total. The van der Waals surface area contributed by atoms with Gasteiger partial charge in [-0.05, 0) is 42.7 Å². The van der Waals surface area contributed by atoms with Gasteiger partial charge in [-0.2, -0.15) is 0 Å². The van der Waals surface area contributed by atoms with Gasteiger partial charge in [0.25, 0.3) is 5.91 Å². The zero-order valence-corrected chi connectivity index (χ0v) is 13.7. The first-order valence-electron chi connectivity index (χ1n) is 7.59. The van der Waals surface area contributed by atoms with E-state index in [0.29, 0.717) is 18.2 Å². The molecule has 1 aromatic carbocycles. The van der Waals surface area contributed by atoms with E-state index in [1.807, 2.05) is 24.3 Å². The van der Waals surface area contributed by atoms with Gasteiger partial charge in [-0.25, -0.2) is 9.97 Å². The van der Waals surface area contributed by atoms with Gasteiger partial charge in [-0.3, -0.25) is 4.79 Å². The minimum absolute atomic E-state index is 0.0679. The Morgan fingerprint density at radius 3 is 2.57 bits per heavy atom. The summed E-state index contributed by atoms with van der Waals surface area (Å²) in [6.45, 7) is 5.02. The number of nitrogens with two attached hydrogens (primary N) is 1. The van der Waals surface area contributed by atoms with Gasteiger partial charge in [-0.15, -0.1) is 0 Å². The summed E-state index contributed by atoms with van der Waals surface area (Å²) < 4.78 is 5.69. The Morgan fingerprint density at radius 2 is 1.96 bits per heavy atom. The quantitative estimate of drug-likeness (QED) is 0.855. The Kier molecular flexibility index (Phi) is 5.51. The van der Waals surface area contributed by atoms with Crippen molar-refractivity contribution < 1.29 is 9.53 Å². The molecule has 23 heavy (non-hydrogen) atoms. The minimum Gasteiger partial charge on any atom is -0.494 e. The number of nitrogen functional groups attached to an aromatic ring is 1. The lowest BCUT2D eigenvalue weighted by Crippen LogP contribution is -2.20. The van der Waals surface area contributed by atoms with Crippen LogP contribution in [-0.4, -0.2) is 29.5 Å². The van der Waals surface area contributed by atoms with Crippen molar-refractivity contribution in [3.05, 3.63) is 36.0 Å². The van der Waals surface area contributed by atoms with E-state index in [1.54, 1.807) is 13.1 Å². The molecule has 0 radical (unpaired) electrons. The number of nitrogens with zero attached hydrogens (tertiary/aromatic N) is 2. The summed E-state index contributed by atoms with van der Waals surface area (Å²) in [6, 6.07) is 9.16. The van der Waals surface area contributed by atoms with Crippen LogP contribution in [0.3, 0.4) is 0 Å². The number of rotatable bonds is 6. The van der Waals surface area contributed by atoms with Crippen molar-refractivity contribution in [2.45, 2.75) is 20.3 Å². The summed E-state index contributed by atoms with van der Waals surface area (Å²) in [5.74, 6) is 1.19. The molecule has 0 aliphatic rings. The fraction of sp³-hybridized carbons (Fsp3) is 0.353. The Morgan fingerprint density at radius 1 is 1.26 bits per heavy atom. The van der Waals surface area contributed by atoms with E-state index in [9.17, 15) is 4.79 Å². The molecule has 0 saturated carbocycles. The molecule has 2 aromatic rings. The molecule has 1 aromatic heterocycles. The molecular formula is C17H22N4O2. The van der Waals surface area contributed by atoms with Crippen LogP contribution in [-0.2, 0) is 0 Å². The van der Waals surface area contributed by atoms with Crippen molar-refractivity contribution in [3.8, 4) is 17.0 Å². The summed E-state index contributed by atoms with van der Waals surface area (Å²) in [4.78, 5) is 19.8. The maximum absolute atomic E-state index is 11.7. The molecule has 0 aliphatic heterocycles. The highest BCUT2D eigenvalue weighted by Crippen LogP contribution is 2.22. The third-order valence-electron chi connectivity index (χ3n) is 3.32. The third-order valence-corrected chi connectivity index (χ3v) is 3.32. The summed E-state index contributed by atoms with van der Waals surface area (Å²) >= 11 is 0. The second kappa shape index (κ2) is 7.58. The van der Waals surface area contributed by atoms with Crippen LogP contribution in [0.1, 0.15) is 30.8 Å². The predicted molar refractivity (Wildman–Crippen MR) is 90.2 cm³/mol. The number of carbonyl (C=O) groups is 1. The number of aromatic nitrogens is 2. The number of hydrogen-bond acceptors (Lipinski definition) is 5. The van der Waals surface area contributed by atoms with Crippen molar-refractivity contribution in [2.24, 2.45) is 5.92 Å². The maximum atomic E-state index is 11.7. The molecule has 122 valence electrons. The molecule has 6 nitrogen and oxygen atoms in total. The monoisotopic (exact) mass is 314 g/mol. The van der Waals surface area contributed by atoms with Gasteiger partial charge in [0.05, 0.1) is 12.3 Å². The van der Waals surface area contributed by atoms with Crippen LogP contribution in [0.2, 0.25) is 0 Å². The number of carbonyl (C=O) groups excluding carboxylic acids is 1. The number of nitrogens with one attached hydrogen (secondary N) is 1. The normalized spacial score (nSPS) is 10.6. The van der Waals surface area contributed by atoms with Crippen LogP contribution in [0.15, 0.2) is 30.3 Å². The number of ether oxygens (including phenoxy) is 1. The summed E-state index contributed by atoms with van der Waals surface area (Å²) in [6.07, 6.45) is 1.01. The van der Waals surface area contributed by atoms with Crippen molar-refractivity contribution in [1.82, 2.24) is 15.3 Å². The van der Waals surface area contributed by atoms with Crippen LogP contribution in [0.25, 0.3) is 11.3 Å². The Bertz CT molecular complexity index is 669. The third kappa shape index (κ3) is 4.67. The highest BCUT2D eigenvalue weighted by atomic mass is 16.5. The van der Waals surface area contributed by atoms with E-state index >= 15 is 0 Å². The van der Waals surface area contributed by atoms with Crippen LogP contribution in [0, 0.1) is 5.92 Å². The van der Waals surface area contributed by atoms with Crippen molar-refractivity contribution in [1.29, 1.82) is 0 Å². The lowest BCUT2D eigenvalue weighted by atomic mass is 10.1. The van der Waals surface area contributed by atoms with E-state index in [1.165, 1.54) is 0 Å². The molecule has 0 saturated heterocycles. The summed E-state index contributed by atoms with van der Waals surface area (Å²) in [5, 5.41) is 2.52. The Labute approximate surface area is 136 Å². The first-order valence-corrected chi connectivity index (χ1v) is 7.59. The van der Waals surface area contributed by atoms with Crippen LogP contribution >= 0.6 is 0 Å². The average molecular weight is 314 g/mol. The van der Waals surface area contributed by atoms with Crippen LogP contribution in [0.5, 0.6) is 5.75 Å². The molecule has 6 heteroatoms. The fourth-order valence-electron chi connectivity index (χ4n) is 1.99. The topological polar surface area (TPSA) is 90.1 Å². The van der Waals surface area contributed by atoms with Crippen molar-refractivity contribution >= 4 is 11.9 Å². The van der Waals surface area contributed by atoms with E-state index < -0.39 is 0 Å². The van der Waals surface area contributed by atoms with E-state index in [4.69, 9.17) is 10.5 Å². The summed E-state index contributed by atoms with van der Waals surface area (Å²) in [7, 11) is 1.55. The standard InChI is InChI=1S/C17H22N4O2/c1-11(2)8-9-23-13-6-4-12(5-7-13)14-10-15(16(22)19-3)21-17(18)20-14/h4-7,10-11H,8-9H2,1-3H3,(H,19,22)(H2,18,20,21). The highest BCUT2D eigenvalue weighted by molar-refractivity contribution is 5.93. The molecule has 2 rings (SSSR count). The molecule has 0 spiro atoms. The number of amides is 1. The molecule has 0 atom stereocenters. The summed E-state index contributed by atoms with van der Waals surface area (Å²) in [5.41, 5.74) is 7.38. The molecular weight excluding hydrogens is 292 g/mol. The SMILES string of the molecule is CNC(=O)c1cc(-c2ccc(OCCC(C)C)cc2)nc(N)n1. The maximum Gasteiger partial charge on any atom is 0.269 e. The zero-order valence-electron chi connectivity index (χ0n) is 13.7. The van der Waals surface area contributed by atoms with Crippen molar-refractivity contribution in [3.63, 3.8) is 0 Å². The number of hydrogen-bond donors (Lipinski definition) is 2. The molecule has 1 amide bonds. The Balaban J connectivity index is 2.16. The van der Waals surface area contributed by atoms with Gasteiger partial charge in [-0.1, -0.05) is 13.8 Å². The molecule has 0 aliphatic carbocycles. The average Bonchev–Trinajstić information content (AvgIpc) is 2.53. The van der Waals surface area contributed by atoms with Gasteiger partial charge >= 0.3 is 0 Å². The van der Waals surface area contributed by atoms with Gasteiger partial charge in [0.15, 0.2) is 0 Å². The van der Waals surface area contributed by atoms with E-state index in [-0.39, 0.29) is 17.5 Å².